The van der Waals surface area contributed by atoms with Crippen LogP contribution in [-0.4, -0.2) is 45.3 Å². The van der Waals surface area contributed by atoms with Crippen molar-refractivity contribution in [1.82, 2.24) is 10.6 Å². The van der Waals surface area contributed by atoms with Crippen LogP contribution in [0.2, 0.25) is 5.02 Å². The fraction of sp³-hybridized carbons (Fsp3) is 0.471. The van der Waals surface area contributed by atoms with Gasteiger partial charge in [0.15, 0.2) is 5.96 Å². The van der Waals surface area contributed by atoms with E-state index in [2.05, 4.69) is 26.4 Å². The highest BCUT2D eigenvalue weighted by molar-refractivity contribution is 14.0. The molecule has 1 aromatic carbocycles. The molecule has 24 heavy (non-hydrogen) atoms. The second kappa shape index (κ2) is 10.5. The van der Waals surface area contributed by atoms with Gasteiger partial charge in [0.05, 0.1) is 12.8 Å². The summed E-state index contributed by atoms with van der Waals surface area (Å²) in [4.78, 5) is 6.61. The standard InChI is InChI=1S/C17H23ClN4O.HI/c1-4-9-20-17(19-5-2)21-14-8-10-22(12-14)15-11-13(18)6-7-16(15)23-3;/h1,6-7,11,14H,5,8-10,12H2,2-3H3,(H2,19,20,21);1H. The predicted molar refractivity (Wildman–Crippen MR) is 112 cm³/mol. The number of benzene rings is 1. The van der Waals surface area contributed by atoms with E-state index in [4.69, 9.17) is 22.8 Å². The van der Waals surface area contributed by atoms with Gasteiger partial charge in [0.1, 0.15) is 12.3 Å². The van der Waals surface area contributed by atoms with Crippen LogP contribution < -0.4 is 20.3 Å². The molecule has 0 saturated carbocycles. The summed E-state index contributed by atoms with van der Waals surface area (Å²) in [5, 5.41) is 7.35. The summed E-state index contributed by atoms with van der Waals surface area (Å²) >= 11 is 6.13. The summed E-state index contributed by atoms with van der Waals surface area (Å²) in [5.41, 5.74) is 1.02. The second-order valence-electron chi connectivity index (χ2n) is 5.29. The number of ether oxygens (including phenoxy) is 1. The summed E-state index contributed by atoms with van der Waals surface area (Å²) in [6, 6.07) is 5.98. The lowest BCUT2D eigenvalue weighted by atomic mass is 10.2. The van der Waals surface area contributed by atoms with Crippen molar-refractivity contribution >= 4 is 47.2 Å². The van der Waals surface area contributed by atoms with E-state index in [1.165, 1.54) is 0 Å². The summed E-state index contributed by atoms with van der Waals surface area (Å²) in [6.07, 6.45) is 6.29. The molecule has 2 rings (SSSR count). The Labute approximate surface area is 166 Å². The first-order chi connectivity index (χ1) is 11.2. The Bertz CT molecular complexity index is 603. The molecule has 132 valence electrons. The third-order valence-corrected chi connectivity index (χ3v) is 3.92. The molecule has 1 heterocycles. The van der Waals surface area contributed by atoms with Crippen molar-refractivity contribution in [3.05, 3.63) is 23.2 Å². The van der Waals surface area contributed by atoms with Crippen LogP contribution in [0.4, 0.5) is 5.69 Å². The molecule has 1 atom stereocenters. The minimum absolute atomic E-state index is 0. The van der Waals surface area contributed by atoms with Gasteiger partial charge < -0.3 is 20.3 Å². The number of nitrogens with one attached hydrogen (secondary N) is 2. The molecule has 0 aromatic heterocycles. The molecule has 0 aliphatic carbocycles. The van der Waals surface area contributed by atoms with Gasteiger partial charge in [0, 0.05) is 30.7 Å². The first-order valence-electron chi connectivity index (χ1n) is 7.74. The highest BCUT2D eigenvalue weighted by Gasteiger charge is 2.25. The number of halogens is 2. The lowest BCUT2D eigenvalue weighted by molar-refractivity contribution is 0.415. The Balaban J connectivity index is 0.00000288. The molecule has 0 spiro atoms. The number of hydrogen-bond acceptors (Lipinski definition) is 3. The van der Waals surface area contributed by atoms with Crippen LogP contribution in [0.25, 0.3) is 0 Å². The van der Waals surface area contributed by atoms with Gasteiger partial charge in [-0.3, -0.25) is 0 Å². The van der Waals surface area contributed by atoms with Crippen molar-refractivity contribution < 1.29 is 4.74 Å². The molecule has 1 fully saturated rings. The third kappa shape index (κ3) is 5.64. The van der Waals surface area contributed by atoms with Gasteiger partial charge in [-0.2, -0.15) is 0 Å². The van der Waals surface area contributed by atoms with Crippen LogP contribution in [0.3, 0.4) is 0 Å². The maximum absolute atomic E-state index is 6.13. The molecule has 1 aliphatic heterocycles. The van der Waals surface area contributed by atoms with Crippen LogP contribution in [0.5, 0.6) is 5.75 Å². The molecule has 0 bridgehead atoms. The number of rotatable bonds is 5. The molecule has 1 aliphatic rings. The van der Waals surface area contributed by atoms with Gasteiger partial charge >= 0.3 is 0 Å². The molecule has 7 heteroatoms. The van der Waals surface area contributed by atoms with Crippen molar-refractivity contribution in [2.24, 2.45) is 4.99 Å². The molecule has 2 N–H and O–H groups in total. The van der Waals surface area contributed by atoms with Crippen molar-refractivity contribution in [1.29, 1.82) is 0 Å². The largest absolute Gasteiger partial charge is 0.495 e. The number of nitrogens with zero attached hydrogens (tertiary/aromatic N) is 2. The predicted octanol–water partition coefficient (Wildman–Crippen LogP) is 2.73. The third-order valence-electron chi connectivity index (χ3n) is 3.68. The lowest BCUT2D eigenvalue weighted by Gasteiger charge is -2.22. The Morgan fingerprint density at radius 3 is 3.00 bits per heavy atom. The number of anilines is 1. The number of methoxy groups -OCH3 is 1. The summed E-state index contributed by atoms with van der Waals surface area (Å²) in [5.74, 6) is 4.12. The summed E-state index contributed by atoms with van der Waals surface area (Å²) in [6.45, 7) is 4.99. The van der Waals surface area contributed by atoms with E-state index in [1.54, 1.807) is 7.11 Å². The van der Waals surface area contributed by atoms with Gasteiger partial charge in [-0.05, 0) is 31.5 Å². The minimum Gasteiger partial charge on any atom is -0.495 e. The van der Waals surface area contributed by atoms with Crippen LogP contribution in [0.1, 0.15) is 13.3 Å². The topological polar surface area (TPSA) is 48.9 Å². The van der Waals surface area contributed by atoms with E-state index in [-0.39, 0.29) is 24.0 Å². The monoisotopic (exact) mass is 462 g/mol. The number of guanidine groups is 1. The zero-order valence-corrected chi connectivity index (χ0v) is 17.1. The maximum Gasteiger partial charge on any atom is 0.192 e. The normalized spacial score (nSPS) is 17.0. The Morgan fingerprint density at radius 2 is 2.33 bits per heavy atom. The van der Waals surface area contributed by atoms with Crippen LogP contribution in [0, 0.1) is 12.3 Å². The first kappa shape index (κ1) is 20.7. The highest BCUT2D eigenvalue weighted by Crippen LogP contribution is 2.33. The Morgan fingerprint density at radius 1 is 1.54 bits per heavy atom. The molecule has 5 nitrogen and oxygen atoms in total. The number of aliphatic imine (C=N–C) groups is 1. The molecule has 1 unspecified atom stereocenters. The smallest absolute Gasteiger partial charge is 0.192 e. The van der Waals surface area contributed by atoms with E-state index < -0.39 is 0 Å². The Kier molecular flexibility index (Phi) is 9.08. The molecule has 0 radical (unpaired) electrons. The van der Waals surface area contributed by atoms with Gasteiger partial charge in [0.25, 0.3) is 0 Å². The fourth-order valence-corrected chi connectivity index (χ4v) is 2.81. The maximum atomic E-state index is 6.13. The van der Waals surface area contributed by atoms with E-state index in [0.29, 0.717) is 17.6 Å². The van der Waals surface area contributed by atoms with E-state index in [0.717, 1.165) is 43.5 Å². The van der Waals surface area contributed by atoms with Gasteiger partial charge in [-0.1, -0.05) is 17.5 Å². The summed E-state index contributed by atoms with van der Waals surface area (Å²) in [7, 11) is 1.67. The average molecular weight is 463 g/mol. The van der Waals surface area contributed by atoms with Crippen LogP contribution in [0.15, 0.2) is 23.2 Å². The minimum atomic E-state index is 0. The van der Waals surface area contributed by atoms with Crippen molar-refractivity contribution in [2.45, 2.75) is 19.4 Å². The zero-order chi connectivity index (χ0) is 16.7. The number of terminal acetylenes is 1. The van der Waals surface area contributed by atoms with Gasteiger partial charge in [-0.15, -0.1) is 30.4 Å². The second-order valence-corrected chi connectivity index (χ2v) is 5.73. The average Bonchev–Trinajstić information content (AvgIpc) is 3.01. The van der Waals surface area contributed by atoms with Crippen LogP contribution >= 0.6 is 35.6 Å². The fourth-order valence-electron chi connectivity index (χ4n) is 2.65. The summed E-state index contributed by atoms with van der Waals surface area (Å²) < 4.78 is 5.44. The van der Waals surface area contributed by atoms with Gasteiger partial charge in [0.2, 0.25) is 0 Å². The first-order valence-corrected chi connectivity index (χ1v) is 8.12. The lowest BCUT2D eigenvalue weighted by Crippen LogP contribution is -2.44. The highest BCUT2D eigenvalue weighted by atomic mass is 127. The van der Waals surface area contributed by atoms with Crippen molar-refractivity contribution in [3.63, 3.8) is 0 Å². The molecular weight excluding hydrogens is 439 g/mol. The van der Waals surface area contributed by atoms with E-state index >= 15 is 0 Å². The SMILES string of the molecule is C#CCN=C(NCC)NC1CCN(c2cc(Cl)ccc2OC)C1.I. The van der Waals surface area contributed by atoms with Crippen molar-refractivity contribution in [3.8, 4) is 18.1 Å². The zero-order valence-electron chi connectivity index (χ0n) is 14.0. The quantitative estimate of drug-likeness (QED) is 0.306. The molecule has 1 saturated heterocycles. The van der Waals surface area contributed by atoms with Crippen molar-refractivity contribution in [2.75, 3.05) is 38.2 Å². The Hall–Kier alpha value is -1.33. The molecule has 1 aromatic rings. The molecule has 0 amide bonds. The number of hydrogen-bond donors (Lipinski definition) is 2. The van der Waals surface area contributed by atoms with Crippen LogP contribution in [-0.2, 0) is 0 Å². The van der Waals surface area contributed by atoms with E-state index in [9.17, 15) is 0 Å². The molecular formula is C17H24ClIN4O. The van der Waals surface area contributed by atoms with E-state index in [1.807, 2.05) is 25.1 Å². The van der Waals surface area contributed by atoms with Gasteiger partial charge in [-0.25, -0.2) is 4.99 Å².